The van der Waals surface area contributed by atoms with Crippen molar-refractivity contribution in [2.24, 2.45) is 0 Å². The Kier molecular flexibility index (Phi) is 7.18. The van der Waals surface area contributed by atoms with Crippen molar-refractivity contribution in [1.82, 2.24) is 9.13 Å². The Bertz CT molecular complexity index is 3800. The number of benzene rings is 12. The van der Waals surface area contributed by atoms with Gasteiger partial charge in [0.1, 0.15) is 11.6 Å². The van der Waals surface area contributed by atoms with E-state index >= 15 is 0 Å². The molecule has 3 nitrogen and oxygen atoms in total. The molecule has 12 aromatic carbocycles. The Morgan fingerprint density at radius 3 is 0.828 bits per heavy atom. The summed E-state index contributed by atoms with van der Waals surface area (Å²) in [6, 6.07) is 79.6. The SMILES string of the molecule is N#Cc1c(-n2c3cccc4c5ccccc5c5cccc2c5c43)c(-c2ccccc2)c(-c2ccccc2)c(-c2ccccc2)c1-n1c2cccc3c4ccccc4c4cccc1c4c32. The summed E-state index contributed by atoms with van der Waals surface area (Å²) >= 11 is 0. The minimum atomic E-state index is 0.607. The number of hydrogen-bond acceptors (Lipinski definition) is 1. The fourth-order valence-electron chi connectivity index (χ4n) is 11.4. The van der Waals surface area contributed by atoms with E-state index in [1.807, 2.05) is 0 Å². The molecule has 0 radical (unpaired) electrons. The van der Waals surface area contributed by atoms with Crippen molar-refractivity contribution in [3.05, 3.63) is 218 Å². The molecule has 64 heavy (non-hydrogen) atoms. The second-order valence-electron chi connectivity index (χ2n) is 17.0. The normalized spacial score (nSPS) is 12.0. The molecule has 0 bridgehead atoms. The van der Waals surface area contributed by atoms with Crippen molar-refractivity contribution in [1.29, 1.82) is 5.26 Å². The van der Waals surface area contributed by atoms with E-state index in [0.717, 1.165) is 66.8 Å². The van der Waals surface area contributed by atoms with Crippen LogP contribution in [0, 0.1) is 11.3 Å². The maximum atomic E-state index is 12.3. The Morgan fingerprint density at radius 2 is 0.531 bits per heavy atom. The van der Waals surface area contributed by atoms with Gasteiger partial charge < -0.3 is 9.13 Å². The highest BCUT2D eigenvalue weighted by atomic mass is 15.0. The monoisotopic (exact) mass is 809 g/mol. The molecule has 294 valence electrons. The Hall–Kier alpha value is -8.71. The standard InChI is InChI=1S/C61H35N3/c62-36-48-60(63-49-32-14-28-44-40-24-10-11-25-41(40)45-29-15-33-50(63)57(45)56(44)49)54(38-20-6-2-7-21-38)53(37-18-4-1-5-19-37)55(39-22-8-3-9-23-39)61(48)64-51-34-16-30-46-42-26-12-13-27-43(42)47-31-17-35-52(64)59(47)58(46)51/h1-35H. The van der Waals surface area contributed by atoms with Gasteiger partial charge in [0.05, 0.1) is 33.4 Å². The molecule has 0 spiro atoms. The Morgan fingerprint density at radius 1 is 0.266 bits per heavy atom. The third-order valence-corrected chi connectivity index (χ3v) is 13.8. The van der Waals surface area contributed by atoms with E-state index in [0.29, 0.717) is 5.56 Å². The van der Waals surface area contributed by atoms with Crippen LogP contribution >= 0.6 is 0 Å². The Labute approximate surface area is 368 Å². The topological polar surface area (TPSA) is 33.6 Å². The van der Waals surface area contributed by atoms with Crippen LogP contribution in [0.2, 0.25) is 0 Å². The molecule has 0 atom stereocenters. The molecular weight excluding hydrogens is 775 g/mol. The van der Waals surface area contributed by atoms with Gasteiger partial charge in [-0.05, 0) is 84.0 Å². The van der Waals surface area contributed by atoms with Crippen molar-refractivity contribution in [3.8, 4) is 50.8 Å². The molecule has 2 heterocycles. The Balaban J connectivity index is 1.30. The average molecular weight is 810 g/mol. The fourth-order valence-corrected chi connectivity index (χ4v) is 11.4. The fraction of sp³-hybridized carbons (Fsp3) is 0. The van der Waals surface area contributed by atoms with Crippen LogP contribution < -0.4 is 0 Å². The van der Waals surface area contributed by atoms with Crippen LogP contribution in [0.1, 0.15) is 5.56 Å². The highest BCUT2D eigenvalue weighted by Crippen LogP contribution is 2.54. The summed E-state index contributed by atoms with van der Waals surface area (Å²) < 4.78 is 4.85. The summed E-state index contributed by atoms with van der Waals surface area (Å²) in [6.07, 6.45) is 0. The minimum Gasteiger partial charge on any atom is -0.307 e. The van der Waals surface area contributed by atoms with Crippen LogP contribution in [-0.4, -0.2) is 9.13 Å². The van der Waals surface area contributed by atoms with Crippen LogP contribution in [0.25, 0.3) is 131 Å². The third kappa shape index (κ3) is 4.53. The molecule has 0 aliphatic carbocycles. The molecular formula is C61H35N3. The van der Waals surface area contributed by atoms with E-state index in [2.05, 4.69) is 228 Å². The molecule has 0 unspecified atom stereocenters. The van der Waals surface area contributed by atoms with Crippen molar-refractivity contribution < 1.29 is 0 Å². The van der Waals surface area contributed by atoms with Crippen molar-refractivity contribution in [2.45, 2.75) is 0 Å². The molecule has 14 rings (SSSR count). The lowest BCUT2D eigenvalue weighted by atomic mass is 9.82. The summed E-state index contributed by atoms with van der Waals surface area (Å²) in [5.41, 5.74) is 12.9. The molecule has 0 N–H and O–H groups in total. The number of nitriles is 1. The highest BCUT2D eigenvalue weighted by Gasteiger charge is 2.33. The van der Waals surface area contributed by atoms with E-state index in [1.165, 1.54) is 64.6 Å². The van der Waals surface area contributed by atoms with Crippen LogP contribution in [0.5, 0.6) is 0 Å². The minimum absolute atomic E-state index is 0.607. The van der Waals surface area contributed by atoms with E-state index in [-0.39, 0.29) is 0 Å². The molecule has 0 saturated heterocycles. The lowest BCUT2D eigenvalue weighted by molar-refractivity contribution is 1.12. The second-order valence-corrected chi connectivity index (χ2v) is 17.0. The summed E-state index contributed by atoms with van der Waals surface area (Å²) in [6.45, 7) is 0. The van der Waals surface area contributed by atoms with Gasteiger partial charge in [-0.15, -0.1) is 0 Å². The lowest BCUT2D eigenvalue weighted by Gasteiger charge is -2.27. The van der Waals surface area contributed by atoms with Gasteiger partial charge >= 0.3 is 0 Å². The quantitative estimate of drug-likeness (QED) is 0.159. The first-order valence-electron chi connectivity index (χ1n) is 21.9. The van der Waals surface area contributed by atoms with E-state index in [4.69, 9.17) is 0 Å². The highest BCUT2D eigenvalue weighted by molar-refractivity contribution is 6.36. The van der Waals surface area contributed by atoms with Crippen molar-refractivity contribution in [2.75, 3.05) is 0 Å². The predicted octanol–water partition coefficient (Wildman–Crippen LogP) is 16.2. The van der Waals surface area contributed by atoms with Crippen molar-refractivity contribution in [3.63, 3.8) is 0 Å². The average Bonchev–Trinajstić information content (AvgIpc) is 3.89. The van der Waals surface area contributed by atoms with Gasteiger partial charge in [-0.2, -0.15) is 5.26 Å². The summed E-state index contributed by atoms with van der Waals surface area (Å²) in [5, 5.41) is 26.9. The summed E-state index contributed by atoms with van der Waals surface area (Å²) in [4.78, 5) is 0. The second kappa shape index (κ2) is 13.1. The van der Waals surface area contributed by atoms with Crippen LogP contribution in [0.3, 0.4) is 0 Å². The maximum Gasteiger partial charge on any atom is 0.104 e. The predicted molar refractivity (Wildman–Crippen MR) is 269 cm³/mol. The maximum absolute atomic E-state index is 12.3. The van der Waals surface area contributed by atoms with Gasteiger partial charge in [0.2, 0.25) is 0 Å². The number of aromatic nitrogens is 2. The van der Waals surface area contributed by atoms with E-state index < -0.39 is 0 Å². The summed E-state index contributed by atoms with van der Waals surface area (Å²) in [7, 11) is 0. The van der Waals surface area contributed by atoms with Crippen LogP contribution in [-0.2, 0) is 0 Å². The van der Waals surface area contributed by atoms with Gasteiger partial charge in [0, 0.05) is 38.2 Å². The third-order valence-electron chi connectivity index (χ3n) is 13.8. The molecule has 0 amide bonds. The van der Waals surface area contributed by atoms with Gasteiger partial charge in [-0.25, -0.2) is 0 Å². The number of rotatable bonds is 5. The molecule has 3 heteroatoms. The van der Waals surface area contributed by atoms with Crippen LogP contribution in [0.4, 0.5) is 0 Å². The van der Waals surface area contributed by atoms with Gasteiger partial charge in [0.25, 0.3) is 0 Å². The smallest absolute Gasteiger partial charge is 0.104 e. The first kappa shape index (κ1) is 34.9. The zero-order chi connectivity index (χ0) is 42.0. The molecule has 0 saturated carbocycles. The molecule has 14 aromatic rings. The van der Waals surface area contributed by atoms with Gasteiger partial charge in [-0.1, -0.05) is 188 Å². The van der Waals surface area contributed by atoms with E-state index in [1.54, 1.807) is 0 Å². The lowest BCUT2D eigenvalue weighted by Crippen LogP contribution is -2.10. The zero-order valence-electron chi connectivity index (χ0n) is 34.5. The van der Waals surface area contributed by atoms with E-state index in [9.17, 15) is 5.26 Å². The molecule has 2 aromatic heterocycles. The first-order valence-corrected chi connectivity index (χ1v) is 21.9. The summed E-state index contributed by atoms with van der Waals surface area (Å²) in [5.74, 6) is 0. The van der Waals surface area contributed by atoms with Crippen LogP contribution in [0.15, 0.2) is 212 Å². The number of nitrogens with zero attached hydrogens (tertiary/aromatic N) is 3. The molecule has 0 aliphatic rings. The number of hydrogen-bond donors (Lipinski definition) is 0. The molecule has 0 fully saturated rings. The van der Waals surface area contributed by atoms with Crippen molar-refractivity contribution >= 4 is 86.7 Å². The molecule has 0 aliphatic heterocycles. The first-order chi connectivity index (χ1) is 31.8. The zero-order valence-corrected chi connectivity index (χ0v) is 34.5. The largest absolute Gasteiger partial charge is 0.307 e. The number of fused-ring (bicyclic) bond motifs is 6. The van der Waals surface area contributed by atoms with Gasteiger partial charge in [0.15, 0.2) is 0 Å². The van der Waals surface area contributed by atoms with Gasteiger partial charge in [-0.3, -0.25) is 0 Å².